The molecule has 0 bridgehead atoms. The van der Waals surface area contributed by atoms with Crippen molar-refractivity contribution >= 4 is 27.4 Å². The number of hydrogen-bond donors (Lipinski definition) is 0. The largest absolute Gasteiger partial charge is 0.326 e. The van der Waals surface area contributed by atoms with Gasteiger partial charge < -0.3 is 4.90 Å². The Hall–Kier alpha value is -1.49. The van der Waals surface area contributed by atoms with E-state index in [2.05, 4.69) is 51.6 Å². The van der Waals surface area contributed by atoms with Gasteiger partial charge in [0.1, 0.15) is 22.1 Å². The van der Waals surface area contributed by atoms with Crippen molar-refractivity contribution in [1.29, 1.82) is 0 Å². The minimum absolute atomic E-state index is 0.136. The van der Waals surface area contributed by atoms with Crippen molar-refractivity contribution in [2.24, 2.45) is 0 Å². The van der Waals surface area contributed by atoms with E-state index in [1.165, 1.54) is 6.07 Å². The Morgan fingerprint density at radius 2 is 1.95 bits per heavy atom. The fraction of sp³-hybridized carbons (Fsp3) is 0.375. The smallest absolute Gasteiger partial charge is 0.137 e. The maximum absolute atomic E-state index is 13.5. The molecular weight excluding hydrogens is 333 g/mol. The summed E-state index contributed by atoms with van der Waals surface area (Å²) >= 11 is 3.46. The number of anilines is 2. The Bertz CT molecular complexity index is 694. The second-order valence-corrected chi connectivity index (χ2v) is 7.11. The van der Waals surface area contributed by atoms with Crippen molar-refractivity contribution in [2.45, 2.75) is 32.6 Å². The third-order valence-electron chi connectivity index (χ3n) is 3.57. The number of rotatable bonds is 1. The van der Waals surface area contributed by atoms with Gasteiger partial charge in [-0.1, -0.05) is 26.8 Å². The van der Waals surface area contributed by atoms with Crippen molar-refractivity contribution in [2.75, 3.05) is 11.4 Å². The first-order valence-electron chi connectivity index (χ1n) is 6.95. The number of halogens is 2. The molecule has 3 rings (SSSR count). The average Bonchev–Trinajstić information content (AvgIpc) is 2.79. The summed E-state index contributed by atoms with van der Waals surface area (Å²) in [7, 11) is 0. The van der Waals surface area contributed by atoms with E-state index in [-0.39, 0.29) is 11.2 Å². The highest BCUT2D eigenvalue weighted by Crippen LogP contribution is 2.35. The van der Waals surface area contributed by atoms with Gasteiger partial charge in [0.15, 0.2) is 0 Å². The maximum Gasteiger partial charge on any atom is 0.137 e. The second-order valence-electron chi connectivity index (χ2n) is 6.30. The Labute approximate surface area is 132 Å². The van der Waals surface area contributed by atoms with Crippen molar-refractivity contribution < 1.29 is 4.39 Å². The minimum Gasteiger partial charge on any atom is -0.326 e. The molecule has 0 fully saturated rings. The lowest BCUT2D eigenvalue weighted by molar-refractivity contribution is 0.543. The van der Waals surface area contributed by atoms with Gasteiger partial charge in [-0.25, -0.2) is 14.4 Å². The van der Waals surface area contributed by atoms with Gasteiger partial charge in [0, 0.05) is 23.7 Å². The summed E-state index contributed by atoms with van der Waals surface area (Å²) in [6, 6.07) is 6.83. The summed E-state index contributed by atoms with van der Waals surface area (Å²) in [5.41, 5.74) is 1.92. The van der Waals surface area contributed by atoms with E-state index in [0.717, 1.165) is 40.5 Å². The van der Waals surface area contributed by atoms with E-state index in [1.54, 1.807) is 6.07 Å². The fourth-order valence-corrected chi connectivity index (χ4v) is 2.84. The van der Waals surface area contributed by atoms with Crippen LogP contribution in [0.3, 0.4) is 0 Å². The molecule has 5 heteroatoms. The Morgan fingerprint density at radius 1 is 1.19 bits per heavy atom. The van der Waals surface area contributed by atoms with E-state index in [0.29, 0.717) is 0 Å². The summed E-state index contributed by atoms with van der Waals surface area (Å²) in [5.74, 6) is 1.37. The Morgan fingerprint density at radius 3 is 2.67 bits per heavy atom. The number of aromatic nitrogens is 2. The normalized spacial score (nSPS) is 14.4. The molecule has 0 saturated carbocycles. The summed E-state index contributed by atoms with van der Waals surface area (Å²) in [5, 5.41) is 0. The third-order valence-corrected chi connectivity index (χ3v) is 3.98. The first kappa shape index (κ1) is 14.4. The van der Waals surface area contributed by atoms with Crippen LogP contribution in [0.15, 0.2) is 28.9 Å². The molecule has 1 aromatic carbocycles. The van der Waals surface area contributed by atoms with Crippen molar-refractivity contribution in [3.8, 4) is 0 Å². The molecule has 1 aliphatic rings. The zero-order valence-corrected chi connectivity index (χ0v) is 13.9. The minimum atomic E-state index is -0.218. The van der Waals surface area contributed by atoms with Crippen LogP contribution in [0.5, 0.6) is 0 Å². The molecule has 0 radical (unpaired) electrons. The van der Waals surface area contributed by atoms with E-state index in [4.69, 9.17) is 0 Å². The van der Waals surface area contributed by atoms with Crippen LogP contribution in [-0.2, 0) is 11.8 Å². The maximum atomic E-state index is 13.5. The fourth-order valence-electron chi connectivity index (χ4n) is 2.47. The van der Waals surface area contributed by atoms with Crippen LogP contribution in [0.2, 0.25) is 0 Å². The number of benzene rings is 1. The molecule has 0 atom stereocenters. The highest BCUT2D eigenvalue weighted by Gasteiger charge is 2.25. The molecule has 2 aromatic rings. The van der Waals surface area contributed by atoms with E-state index < -0.39 is 0 Å². The molecule has 1 aromatic heterocycles. The van der Waals surface area contributed by atoms with Crippen LogP contribution in [0.1, 0.15) is 32.2 Å². The quantitative estimate of drug-likeness (QED) is 0.715. The monoisotopic (exact) mass is 349 g/mol. The molecule has 0 saturated heterocycles. The first-order chi connectivity index (χ1) is 9.84. The molecule has 0 unspecified atom stereocenters. The molecule has 110 valence electrons. The van der Waals surface area contributed by atoms with E-state index in [1.807, 2.05) is 12.1 Å². The molecule has 0 N–H and O–H groups in total. The van der Waals surface area contributed by atoms with E-state index >= 15 is 0 Å². The molecule has 3 nitrogen and oxygen atoms in total. The Kier molecular flexibility index (Phi) is 3.48. The number of hydrogen-bond acceptors (Lipinski definition) is 3. The lowest BCUT2D eigenvalue weighted by atomic mass is 9.96. The van der Waals surface area contributed by atoms with E-state index in [9.17, 15) is 4.39 Å². The van der Waals surface area contributed by atoms with Crippen molar-refractivity contribution in [3.05, 3.63) is 46.1 Å². The van der Waals surface area contributed by atoms with Crippen LogP contribution < -0.4 is 4.90 Å². The lowest BCUT2D eigenvalue weighted by Crippen LogP contribution is -2.21. The zero-order chi connectivity index (χ0) is 15.2. The topological polar surface area (TPSA) is 29.0 Å². The summed E-state index contributed by atoms with van der Waals surface area (Å²) < 4.78 is 14.3. The van der Waals surface area contributed by atoms with Gasteiger partial charge in [-0.3, -0.25) is 0 Å². The van der Waals surface area contributed by atoms with Gasteiger partial charge in [-0.2, -0.15) is 0 Å². The van der Waals surface area contributed by atoms with Crippen LogP contribution in [0.25, 0.3) is 0 Å². The van der Waals surface area contributed by atoms with Gasteiger partial charge in [0.05, 0.1) is 0 Å². The molecule has 0 amide bonds. The summed E-state index contributed by atoms with van der Waals surface area (Å²) in [4.78, 5) is 11.2. The van der Waals surface area contributed by atoms with Crippen LogP contribution in [-0.4, -0.2) is 16.5 Å². The average molecular weight is 350 g/mol. The van der Waals surface area contributed by atoms with Gasteiger partial charge in [-0.05, 0) is 40.0 Å². The molecular formula is C16H17BrFN3. The number of nitrogens with zero attached hydrogens (tertiary/aromatic N) is 3. The molecule has 0 spiro atoms. The van der Waals surface area contributed by atoms with Gasteiger partial charge >= 0.3 is 0 Å². The predicted molar refractivity (Wildman–Crippen MR) is 85.5 cm³/mol. The lowest BCUT2D eigenvalue weighted by Gasteiger charge is -2.22. The Balaban J connectivity index is 2.07. The summed E-state index contributed by atoms with van der Waals surface area (Å²) in [6.45, 7) is 7.05. The predicted octanol–water partition coefficient (Wildman–Crippen LogP) is 4.37. The van der Waals surface area contributed by atoms with Gasteiger partial charge in [0.25, 0.3) is 0 Å². The van der Waals surface area contributed by atoms with Crippen LogP contribution in [0, 0.1) is 5.82 Å². The standard InChI is InChI=1S/C16H17BrFN3/c1-16(2,3)15-19-13(17)9-14(20-15)21-7-6-10-4-5-11(18)8-12(10)21/h4-5,8-9H,6-7H2,1-3H3. The third kappa shape index (κ3) is 2.79. The van der Waals surface area contributed by atoms with Crippen molar-refractivity contribution in [3.63, 3.8) is 0 Å². The molecule has 0 aliphatic carbocycles. The van der Waals surface area contributed by atoms with Crippen LogP contribution >= 0.6 is 15.9 Å². The second kappa shape index (κ2) is 5.05. The zero-order valence-electron chi connectivity index (χ0n) is 12.3. The number of fused-ring (bicyclic) bond motifs is 1. The highest BCUT2D eigenvalue weighted by molar-refractivity contribution is 9.10. The summed E-state index contributed by atoms with van der Waals surface area (Å²) in [6.07, 6.45) is 0.905. The first-order valence-corrected chi connectivity index (χ1v) is 7.75. The van der Waals surface area contributed by atoms with Crippen LogP contribution in [0.4, 0.5) is 15.9 Å². The SMILES string of the molecule is CC(C)(C)c1nc(Br)cc(N2CCc3ccc(F)cc32)n1. The molecule has 2 heterocycles. The van der Waals surface area contributed by atoms with Gasteiger partial charge in [-0.15, -0.1) is 0 Å². The molecule has 1 aliphatic heterocycles. The molecule has 21 heavy (non-hydrogen) atoms. The van der Waals surface area contributed by atoms with Crippen molar-refractivity contribution in [1.82, 2.24) is 9.97 Å². The van der Waals surface area contributed by atoms with Gasteiger partial charge in [0.2, 0.25) is 0 Å². The highest BCUT2D eigenvalue weighted by atomic mass is 79.9.